The first-order valence-electron chi connectivity index (χ1n) is 5.87. The lowest BCUT2D eigenvalue weighted by Crippen LogP contribution is -2.61. The largest absolute Gasteiger partial charge is 0.396 e. The van der Waals surface area contributed by atoms with Crippen LogP contribution >= 0.6 is 0 Å². The second-order valence-electron chi connectivity index (χ2n) is 6.43. The summed E-state index contributed by atoms with van der Waals surface area (Å²) in [6.07, 6.45) is 8.77. The van der Waals surface area contributed by atoms with Gasteiger partial charge >= 0.3 is 0 Å². The number of fused-ring (bicyclic) bond motifs is 2. The van der Waals surface area contributed by atoms with E-state index in [9.17, 15) is 5.11 Å². The molecule has 0 saturated heterocycles. The van der Waals surface area contributed by atoms with E-state index < -0.39 is 0 Å². The molecule has 5 atom stereocenters. The molecular formula is C12H18O. The van der Waals surface area contributed by atoms with Gasteiger partial charge in [-0.05, 0) is 67.1 Å². The van der Waals surface area contributed by atoms with Gasteiger partial charge in [-0.15, -0.1) is 0 Å². The molecule has 0 radical (unpaired) electrons. The highest BCUT2D eigenvalue weighted by Crippen LogP contribution is 2.79. The fraction of sp³-hybridized carbons (Fsp3) is 1.00. The van der Waals surface area contributed by atoms with Crippen LogP contribution in [0.3, 0.4) is 0 Å². The van der Waals surface area contributed by atoms with E-state index in [1.54, 1.807) is 0 Å². The molecule has 4 bridgehead atoms. The Balaban J connectivity index is 1.83. The molecule has 1 N–H and O–H groups in total. The monoisotopic (exact) mass is 178 g/mol. The van der Waals surface area contributed by atoms with Gasteiger partial charge in [0.25, 0.3) is 0 Å². The minimum atomic E-state index is 0.425. The van der Waals surface area contributed by atoms with E-state index in [2.05, 4.69) is 0 Å². The van der Waals surface area contributed by atoms with Crippen LogP contribution in [0.2, 0.25) is 0 Å². The van der Waals surface area contributed by atoms with Crippen LogP contribution in [-0.4, -0.2) is 11.7 Å². The molecule has 0 heterocycles. The lowest BCUT2D eigenvalue weighted by atomic mass is 9.38. The van der Waals surface area contributed by atoms with Crippen molar-refractivity contribution < 1.29 is 5.11 Å². The van der Waals surface area contributed by atoms with Crippen molar-refractivity contribution in [1.29, 1.82) is 0 Å². The molecule has 1 nitrogen and oxygen atoms in total. The molecule has 5 unspecified atom stereocenters. The van der Waals surface area contributed by atoms with Crippen molar-refractivity contribution in [2.45, 2.75) is 38.5 Å². The second kappa shape index (κ2) is 1.84. The first-order chi connectivity index (χ1) is 6.26. The normalized spacial score (nSPS) is 66.7. The predicted octanol–water partition coefficient (Wildman–Crippen LogP) is 2.20. The summed E-state index contributed by atoms with van der Waals surface area (Å²) in [5.41, 5.74) is 1.18. The molecule has 72 valence electrons. The highest BCUT2D eigenvalue weighted by atomic mass is 16.3. The molecule has 4 fully saturated rings. The first-order valence-corrected chi connectivity index (χ1v) is 5.87. The first kappa shape index (κ1) is 7.28. The fourth-order valence-electron chi connectivity index (χ4n) is 5.95. The number of hydrogen-bond acceptors (Lipinski definition) is 1. The zero-order valence-electron chi connectivity index (χ0n) is 8.13. The molecule has 0 aromatic rings. The van der Waals surface area contributed by atoms with E-state index in [1.165, 1.54) is 38.5 Å². The molecule has 0 aromatic heterocycles. The highest BCUT2D eigenvalue weighted by Gasteiger charge is 2.71. The van der Waals surface area contributed by atoms with Gasteiger partial charge in [0.1, 0.15) is 0 Å². The Morgan fingerprint density at radius 2 is 1.92 bits per heavy atom. The molecule has 1 spiro atoms. The maximum absolute atomic E-state index is 9.57. The van der Waals surface area contributed by atoms with Gasteiger partial charge in [0.15, 0.2) is 0 Å². The second-order valence-corrected chi connectivity index (χ2v) is 6.43. The van der Waals surface area contributed by atoms with E-state index in [0.717, 1.165) is 23.2 Å². The molecule has 4 aliphatic carbocycles. The van der Waals surface area contributed by atoms with E-state index >= 15 is 0 Å². The highest BCUT2D eigenvalue weighted by molar-refractivity contribution is 5.21. The number of hydrogen-bond donors (Lipinski definition) is 1. The van der Waals surface area contributed by atoms with Crippen molar-refractivity contribution in [3.63, 3.8) is 0 Å². The number of rotatable bonds is 1. The molecule has 4 aliphatic rings. The summed E-state index contributed by atoms with van der Waals surface area (Å²) in [5.74, 6) is 2.99. The Hall–Kier alpha value is -0.0400. The number of aliphatic hydroxyl groups excluding tert-OH is 1. The summed E-state index contributed by atoms with van der Waals surface area (Å²) in [7, 11) is 0. The van der Waals surface area contributed by atoms with Gasteiger partial charge in [0.05, 0.1) is 0 Å². The van der Waals surface area contributed by atoms with E-state index in [0.29, 0.717) is 12.0 Å². The summed E-state index contributed by atoms with van der Waals surface area (Å²) in [6.45, 7) is 0.489. The van der Waals surface area contributed by atoms with Crippen LogP contribution < -0.4 is 0 Å². The van der Waals surface area contributed by atoms with E-state index in [-0.39, 0.29) is 0 Å². The van der Waals surface area contributed by atoms with Gasteiger partial charge in [-0.25, -0.2) is 0 Å². The van der Waals surface area contributed by atoms with Crippen LogP contribution in [0.4, 0.5) is 0 Å². The average molecular weight is 178 g/mol. The van der Waals surface area contributed by atoms with Gasteiger partial charge in [-0.2, -0.15) is 0 Å². The third kappa shape index (κ3) is 0.614. The van der Waals surface area contributed by atoms with Crippen molar-refractivity contribution in [1.82, 2.24) is 0 Å². The maximum atomic E-state index is 9.57. The summed E-state index contributed by atoms with van der Waals surface area (Å²) in [6, 6.07) is 0. The molecule has 0 aliphatic heterocycles. The standard InChI is InChI=1S/C12H18O/c13-7-12-5-9-1-8-2-10(12)11(3-8,4-9)6-12/h8-10,13H,1-7H2. The lowest BCUT2D eigenvalue weighted by Gasteiger charge is -2.67. The van der Waals surface area contributed by atoms with Crippen LogP contribution in [0.1, 0.15) is 38.5 Å². The molecule has 0 aromatic carbocycles. The predicted molar refractivity (Wildman–Crippen MR) is 50.1 cm³/mol. The summed E-state index contributed by atoms with van der Waals surface area (Å²) in [5, 5.41) is 9.57. The van der Waals surface area contributed by atoms with Crippen molar-refractivity contribution >= 4 is 0 Å². The van der Waals surface area contributed by atoms with Crippen molar-refractivity contribution in [3.8, 4) is 0 Å². The Bertz CT molecular complexity index is 270. The molecule has 4 saturated carbocycles. The third-order valence-corrected chi connectivity index (χ3v) is 5.82. The lowest BCUT2D eigenvalue weighted by molar-refractivity contribution is -0.197. The van der Waals surface area contributed by atoms with Crippen LogP contribution in [0.5, 0.6) is 0 Å². The third-order valence-electron chi connectivity index (χ3n) is 5.82. The van der Waals surface area contributed by atoms with Crippen LogP contribution in [-0.2, 0) is 0 Å². The van der Waals surface area contributed by atoms with Crippen LogP contribution in [0, 0.1) is 28.6 Å². The summed E-state index contributed by atoms with van der Waals surface area (Å²) in [4.78, 5) is 0. The Kier molecular flexibility index (Phi) is 1.03. The van der Waals surface area contributed by atoms with Gasteiger partial charge in [-0.3, -0.25) is 0 Å². The van der Waals surface area contributed by atoms with Crippen molar-refractivity contribution in [3.05, 3.63) is 0 Å². The SMILES string of the molecule is OCC12CC3CC4CC1C(C4)(C3)C2. The Morgan fingerprint density at radius 3 is 2.77 bits per heavy atom. The maximum Gasteiger partial charge on any atom is 0.0490 e. The average Bonchev–Trinajstić information content (AvgIpc) is 2.26. The van der Waals surface area contributed by atoms with Gasteiger partial charge in [-0.1, -0.05) is 0 Å². The van der Waals surface area contributed by atoms with Crippen molar-refractivity contribution in [2.24, 2.45) is 28.6 Å². The zero-order chi connectivity index (χ0) is 8.68. The molecule has 4 rings (SSSR count). The molecular weight excluding hydrogens is 160 g/mol. The summed E-state index contributed by atoms with van der Waals surface area (Å²) < 4.78 is 0. The Labute approximate surface area is 79.5 Å². The van der Waals surface area contributed by atoms with Crippen molar-refractivity contribution in [2.75, 3.05) is 6.61 Å². The van der Waals surface area contributed by atoms with Gasteiger partial charge in [0, 0.05) is 6.61 Å². The minimum absolute atomic E-state index is 0.425. The fourth-order valence-corrected chi connectivity index (χ4v) is 5.95. The molecule has 13 heavy (non-hydrogen) atoms. The molecule has 0 amide bonds. The Morgan fingerprint density at radius 1 is 1.08 bits per heavy atom. The smallest absolute Gasteiger partial charge is 0.0490 e. The molecule has 1 heteroatoms. The van der Waals surface area contributed by atoms with E-state index in [1.807, 2.05) is 0 Å². The van der Waals surface area contributed by atoms with Crippen LogP contribution in [0.25, 0.3) is 0 Å². The zero-order valence-corrected chi connectivity index (χ0v) is 8.13. The number of aliphatic hydroxyl groups is 1. The van der Waals surface area contributed by atoms with Gasteiger partial charge < -0.3 is 5.11 Å². The van der Waals surface area contributed by atoms with E-state index in [4.69, 9.17) is 0 Å². The van der Waals surface area contributed by atoms with Crippen LogP contribution in [0.15, 0.2) is 0 Å². The topological polar surface area (TPSA) is 20.2 Å². The minimum Gasteiger partial charge on any atom is -0.396 e. The quantitative estimate of drug-likeness (QED) is 0.652. The summed E-state index contributed by atoms with van der Waals surface area (Å²) >= 11 is 0. The van der Waals surface area contributed by atoms with Gasteiger partial charge in [0.2, 0.25) is 0 Å².